The third-order valence-corrected chi connectivity index (χ3v) is 4.71. The lowest BCUT2D eigenvalue weighted by atomic mass is 9.79. The van der Waals surface area contributed by atoms with E-state index in [4.69, 9.17) is 4.74 Å². The van der Waals surface area contributed by atoms with Gasteiger partial charge in [-0.05, 0) is 54.6 Å². The first-order valence-electron chi connectivity index (χ1n) is 6.60. The zero-order valence-electron chi connectivity index (χ0n) is 11.0. The summed E-state index contributed by atoms with van der Waals surface area (Å²) in [6.45, 7) is 7.07. The molecule has 92 valence electrons. The molecule has 0 radical (unpaired) electrons. The van der Waals surface area contributed by atoms with Gasteiger partial charge in [-0.25, -0.2) is 0 Å². The highest BCUT2D eigenvalue weighted by Gasteiger charge is 2.45. The van der Waals surface area contributed by atoms with Crippen molar-refractivity contribution in [3.05, 3.63) is 29.3 Å². The van der Waals surface area contributed by atoms with E-state index in [-0.39, 0.29) is 0 Å². The summed E-state index contributed by atoms with van der Waals surface area (Å²) in [7, 11) is 1.75. The van der Waals surface area contributed by atoms with Gasteiger partial charge in [-0.15, -0.1) is 0 Å². The summed E-state index contributed by atoms with van der Waals surface area (Å²) in [4.78, 5) is 2.61. The molecule has 0 N–H and O–H groups in total. The molecule has 2 atom stereocenters. The Kier molecular flexibility index (Phi) is 2.44. The predicted octanol–water partition coefficient (Wildman–Crippen LogP) is 3.12. The Morgan fingerprint density at radius 3 is 3.00 bits per heavy atom. The Hall–Kier alpha value is -1.02. The van der Waals surface area contributed by atoms with Crippen molar-refractivity contribution in [1.29, 1.82) is 0 Å². The minimum absolute atomic E-state index is 0.375. The van der Waals surface area contributed by atoms with E-state index in [1.807, 2.05) is 0 Å². The van der Waals surface area contributed by atoms with Crippen molar-refractivity contribution < 1.29 is 4.74 Å². The molecule has 17 heavy (non-hydrogen) atoms. The van der Waals surface area contributed by atoms with E-state index in [1.165, 1.54) is 30.5 Å². The Morgan fingerprint density at radius 1 is 1.47 bits per heavy atom. The third-order valence-electron chi connectivity index (χ3n) is 4.71. The lowest BCUT2D eigenvalue weighted by Crippen LogP contribution is -2.37. The van der Waals surface area contributed by atoms with E-state index in [1.54, 1.807) is 7.11 Å². The van der Waals surface area contributed by atoms with Crippen molar-refractivity contribution in [2.24, 2.45) is 0 Å². The molecule has 0 aromatic heterocycles. The van der Waals surface area contributed by atoms with Crippen LogP contribution in [0.4, 0.5) is 0 Å². The number of ether oxygens (including phenoxy) is 1. The summed E-state index contributed by atoms with van der Waals surface area (Å²) in [5.74, 6) is 1.00. The molecule has 1 aromatic rings. The Morgan fingerprint density at radius 2 is 2.29 bits per heavy atom. The van der Waals surface area contributed by atoms with Crippen LogP contribution in [0.2, 0.25) is 0 Å². The molecule has 1 saturated heterocycles. The van der Waals surface area contributed by atoms with Gasteiger partial charge in [0.25, 0.3) is 0 Å². The summed E-state index contributed by atoms with van der Waals surface area (Å²) < 4.78 is 5.37. The van der Waals surface area contributed by atoms with Gasteiger partial charge in [0.2, 0.25) is 0 Å². The fourth-order valence-electron chi connectivity index (χ4n) is 3.61. The van der Waals surface area contributed by atoms with Gasteiger partial charge in [0.05, 0.1) is 7.11 Å². The van der Waals surface area contributed by atoms with Crippen LogP contribution in [0, 0.1) is 0 Å². The van der Waals surface area contributed by atoms with Gasteiger partial charge in [-0.1, -0.05) is 19.9 Å². The van der Waals surface area contributed by atoms with E-state index in [2.05, 4.69) is 36.9 Å². The van der Waals surface area contributed by atoms with Crippen LogP contribution < -0.4 is 4.74 Å². The molecule has 2 aliphatic rings. The SMILES string of the molecule is CCN1CC[C@@]2(C)C[C@H]1c1ccc(OC)cc12. The second-order valence-electron chi connectivity index (χ2n) is 5.61. The lowest BCUT2D eigenvalue weighted by molar-refractivity contribution is 0.129. The zero-order valence-corrected chi connectivity index (χ0v) is 11.0. The number of benzene rings is 1. The van der Waals surface area contributed by atoms with Crippen LogP contribution in [0.25, 0.3) is 0 Å². The maximum Gasteiger partial charge on any atom is 0.119 e. The molecule has 1 heterocycles. The maximum atomic E-state index is 5.37. The number of rotatable bonds is 2. The minimum atomic E-state index is 0.375. The quantitative estimate of drug-likeness (QED) is 0.775. The number of nitrogens with zero attached hydrogens (tertiary/aromatic N) is 1. The molecular formula is C15H21NO. The van der Waals surface area contributed by atoms with Crippen molar-refractivity contribution in [1.82, 2.24) is 4.90 Å². The number of fused-ring (bicyclic) bond motifs is 5. The van der Waals surface area contributed by atoms with E-state index in [9.17, 15) is 0 Å². The predicted molar refractivity (Wildman–Crippen MR) is 69.6 cm³/mol. The Balaban J connectivity index is 2.09. The smallest absolute Gasteiger partial charge is 0.119 e. The Labute approximate surface area is 104 Å². The first-order valence-corrected chi connectivity index (χ1v) is 6.60. The van der Waals surface area contributed by atoms with Crippen LogP contribution in [-0.2, 0) is 5.41 Å². The van der Waals surface area contributed by atoms with Crippen LogP contribution in [0.1, 0.15) is 43.9 Å². The van der Waals surface area contributed by atoms with Crippen LogP contribution in [0.3, 0.4) is 0 Å². The highest BCUT2D eigenvalue weighted by atomic mass is 16.5. The standard InChI is InChI=1S/C15H21NO/c1-4-16-8-7-15(2)10-14(16)12-6-5-11(17-3)9-13(12)15/h5-6,9,14H,4,7-8,10H2,1-3H3/t14-,15-/m0/s1. The molecule has 3 rings (SSSR count). The first kappa shape index (κ1) is 11.1. The minimum Gasteiger partial charge on any atom is -0.497 e. The fraction of sp³-hybridized carbons (Fsp3) is 0.600. The summed E-state index contributed by atoms with van der Waals surface area (Å²) in [6, 6.07) is 7.28. The van der Waals surface area contributed by atoms with Gasteiger partial charge in [0, 0.05) is 6.04 Å². The first-order chi connectivity index (χ1) is 8.18. The van der Waals surface area contributed by atoms with E-state index in [0.29, 0.717) is 11.5 Å². The van der Waals surface area contributed by atoms with Crippen molar-refractivity contribution in [3.8, 4) is 5.75 Å². The summed E-state index contributed by atoms with van der Waals surface area (Å²) in [5, 5.41) is 0. The average Bonchev–Trinajstić information content (AvgIpc) is 2.59. The Bertz CT molecular complexity index is 443. The molecule has 1 aliphatic carbocycles. The topological polar surface area (TPSA) is 12.5 Å². The van der Waals surface area contributed by atoms with E-state index >= 15 is 0 Å². The second-order valence-corrected chi connectivity index (χ2v) is 5.61. The molecule has 0 amide bonds. The fourth-order valence-corrected chi connectivity index (χ4v) is 3.61. The zero-order chi connectivity index (χ0) is 12.0. The van der Waals surface area contributed by atoms with Gasteiger partial charge in [-0.3, -0.25) is 4.90 Å². The monoisotopic (exact) mass is 231 g/mol. The van der Waals surface area contributed by atoms with Crippen LogP contribution in [0.15, 0.2) is 18.2 Å². The molecule has 2 heteroatoms. The number of piperidine rings is 1. The van der Waals surface area contributed by atoms with Gasteiger partial charge < -0.3 is 4.74 Å². The molecular weight excluding hydrogens is 210 g/mol. The second kappa shape index (κ2) is 3.74. The normalized spacial score (nSPS) is 31.4. The molecule has 1 aromatic carbocycles. The molecule has 0 spiro atoms. The van der Waals surface area contributed by atoms with Crippen LogP contribution >= 0.6 is 0 Å². The van der Waals surface area contributed by atoms with Gasteiger partial charge in [-0.2, -0.15) is 0 Å². The van der Waals surface area contributed by atoms with E-state index < -0.39 is 0 Å². The average molecular weight is 231 g/mol. The van der Waals surface area contributed by atoms with Crippen molar-refractivity contribution in [3.63, 3.8) is 0 Å². The molecule has 2 bridgehead atoms. The highest BCUT2D eigenvalue weighted by molar-refractivity contribution is 5.47. The summed E-state index contributed by atoms with van der Waals surface area (Å²) in [5.41, 5.74) is 3.44. The van der Waals surface area contributed by atoms with Crippen LogP contribution in [-0.4, -0.2) is 25.1 Å². The number of hydrogen-bond donors (Lipinski definition) is 0. The van der Waals surface area contributed by atoms with Gasteiger partial charge >= 0.3 is 0 Å². The third kappa shape index (κ3) is 1.50. The number of likely N-dealkylation sites (tertiary alicyclic amines) is 1. The molecule has 0 saturated carbocycles. The number of hydrogen-bond acceptors (Lipinski definition) is 2. The highest BCUT2D eigenvalue weighted by Crippen LogP contribution is 2.53. The lowest BCUT2D eigenvalue weighted by Gasteiger charge is -2.37. The largest absolute Gasteiger partial charge is 0.497 e. The summed E-state index contributed by atoms with van der Waals surface area (Å²) >= 11 is 0. The maximum absolute atomic E-state index is 5.37. The van der Waals surface area contributed by atoms with E-state index in [0.717, 1.165) is 12.3 Å². The van der Waals surface area contributed by atoms with Crippen molar-refractivity contribution in [2.75, 3.05) is 20.2 Å². The molecule has 1 aliphatic heterocycles. The van der Waals surface area contributed by atoms with Crippen molar-refractivity contribution in [2.45, 2.75) is 38.1 Å². The molecule has 0 unspecified atom stereocenters. The molecule has 1 fully saturated rings. The van der Waals surface area contributed by atoms with Gasteiger partial charge in [0.1, 0.15) is 5.75 Å². The van der Waals surface area contributed by atoms with Crippen LogP contribution in [0.5, 0.6) is 5.75 Å². The number of methoxy groups -OCH3 is 1. The van der Waals surface area contributed by atoms with Crippen molar-refractivity contribution >= 4 is 0 Å². The van der Waals surface area contributed by atoms with Gasteiger partial charge in [0.15, 0.2) is 0 Å². The molecule has 2 nitrogen and oxygen atoms in total. The summed E-state index contributed by atoms with van der Waals surface area (Å²) in [6.07, 6.45) is 2.56.